The number of ether oxygens (including phenoxy) is 1. The highest BCUT2D eigenvalue weighted by Gasteiger charge is 2.45. The molecule has 0 bridgehead atoms. The van der Waals surface area contributed by atoms with Gasteiger partial charge in [-0.1, -0.05) is 0 Å². The van der Waals surface area contributed by atoms with Gasteiger partial charge in [-0.15, -0.1) is 0 Å². The maximum atomic E-state index is 14.1. The van der Waals surface area contributed by atoms with Gasteiger partial charge in [0.25, 0.3) is 5.56 Å². The maximum absolute atomic E-state index is 14.1. The zero-order chi connectivity index (χ0) is 12.8. The van der Waals surface area contributed by atoms with E-state index in [1.165, 1.54) is 6.92 Å². The standard InChI is InChI=1S/C10H12F2N2O3/c1-5-3-10(2,12)8(17-5)14-4-6(11)7(15)13-9(14)16/h4-5,8H,3H2,1-2H3,(H,13,15,16). The lowest BCUT2D eigenvalue weighted by Gasteiger charge is -2.22. The molecule has 0 saturated carbocycles. The van der Waals surface area contributed by atoms with Crippen molar-refractivity contribution in [1.82, 2.24) is 9.55 Å². The second-order valence-corrected chi connectivity index (χ2v) is 4.42. The van der Waals surface area contributed by atoms with Crippen LogP contribution in [0.2, 0.25) is 0 Å². The van der Waals surface area contributed by atoms with E-state index in [0.717, 1.165) is 4.57 Å². The van der Waals surface area contributed by atoms with Gasteiger partial charge in [0.1, 0.15) is 0 Å². The minimum Gasteiger partial charge on any atom is -0.351 e. The molecular formula is C10H12F2N2O3. The predicted molar refractivity (Wildman–Crippen MR) is 55.0 cm³/mol. The van der Waals surface area contributed by atoms with E-state index in [2.05, 4.69) is 0 Å². The average Bonchev–Trinajstić information content (AvgIpc) is 2.45. The first-order chi connectivity index (χ1) is 7.81. The summed E-state index contributed by atoms with van der Waals surface area (Å²) in [6, 6.07) is 0. The maximum Gasteiger partial charge on any atom is 0.330 e. The molecule has 0 spiro atoms. The molecule has 0 aromatic carbocycles. The highest BCUT2D eigenvalue weighted by atomic mass is 19.1. The number of hydrogen-bond donors (Lipinski definition) is 1. The largest absolute Gasteiger partial charge is 0.351 e. The van der Waals surface area contributed by atoms with Crippen molar-refractivity contribution in [2.75, 3.05) is 0 Å². The summed E-state index contributed by atoms with van der Waals surface area (Å²) in [5, 5.41) is 0. The number of nitrogens with one attached hydrogen (secondary N) is 1. The lowest BCUT2D eigenvalue weighted by Crippen LogP contribution is -2.39. The molecule has 17 heavy (non-hydrogen) atoms. The fourth-order valence-corrected chi connectivity index (χ4v) is 2.06. The summed E-state index contributed by atoms with van der Waals surface area (Å²) < 4.78 is 33.2. The first kappa shape index (κ1) is 12.0. The van der Waals surface area contributed by atoms with Crippen molar-refractivity contribution in [3.63, 3.8) is 0 Å². The van der Waals surface area contributed by atoms with E-state index >= 15 is 0 Å². The molecule has 0 aliphatic carbocycles. The Morgan fingerprint density at radius 3 is 2.76 bits per heavy atom. The zero-order valence-electron chi connectivity index (χ0n) is 9.37. The molecule has 1 aliphatic rings. The van der Waals surface area contributed by atoms with Crippen LogP contribution in [0.4, 0.5) is 8.78 Å². The molecule has 1 N–H and O–H groups in total. The second-order valence-electron chi connectivity index (χ2n) is 4.42. The SMILES string of the molecule is CC1CC(C)(F)C(n2cc(F)c(=O)[nH]c2=O)O1. The zero-order valence-corrected chi connectivity index (χ0v) is 9.37. The van der Waals surface area contributed by atoms with Gasteiger partial charge in [-0.05, 0) is 13.8 Å². The van der Waals surface area contributed by atoms with Crippen LogP contribution in [0.5, 0.6) is 0 Å². The molecule has 94 valence electrons. The number of alkyl halides is 1. The van der Waals surface area contributed by atoms with Crippen molar-refractivity contribution < 1.29 is 13.5 Å². The Morgan fingerprint density at radius 2 is 2.24 bits per heavy atom. The van der Waals surface area contributed by atoms with E-state index in [1.54, 1.807) is 11.9 Å². The van der Waals surface area contributed by atoms with Gasteiger partial charge < -0.3 is 4.74 Å². The van der Waals surface area contributed by atoms with E-state index in [4.69, 9.17) is 4.74 Å². The van der Waals surface area contributed by atoms with Gasteiger partial charge in [-0.3, -0.25) is 14.3 Å². The van der Waals surface area contributed by atoms with Crippen LogP contribution < -0.4 is 11.2 Å². The van der Waals surface area contributed by atoms with Crippen LogP contribution >= 0.6 is 0 Å². The summed E-state index contributed by atoms with van der Waals surface area (Å²) in [4.78, 5) is 24.1. The van der Waals surface area contributed by atoms with Crippen molar-refractivity contribution in [2.24, 2.45) is 0 Å². The first-order valence-corrected chi connectivity index (χ1v) is 5.16. The Kier molecular flexibility index (Phi) is 2.65. The molecule has 1 aromatic heterocycles. The predicted octanol–water partition coefficient (Wildman–Crippen LogP) is 0.711. The van der Waals surface area contributed by atoms with Crippen LogP contribution in [-0.4, -0.2) is 21.3 Å². The molecule has 1 aromatic rings. The van der Waals surface area contributed by atoms with Crippen LogP contribution in [0.25, 0.3) is 0 Å². The minimum absolute atomic E-state index is 0.102. The Balaban J connectivity index is 2.52. The quantitative estimate of drug-likeness (QED) is 0.793. The molecule has 0 radical (unpaired) electrons. The van der Waals surface area contributed by atoms with E-state index < -0.39 is 29.0 Å². The molecule has 0 amide bonds. The van der Waals surface area contributed by atoms with Crippen molar-refractivity contribution in [3.05, 3.63) is 32.9 Å². The summed E-state index contributed by atoms with van der Waals surface area (Å²) in [5.74, 6) is -1.15. The van der Waals surface area contributed by atoms with Crippen LogP contribution in [0.1, 0.15) is 26.5 Å². The van der Waals surface area contributed by atoms with Crippen molar-refractivity contribution >= 4 is 0 Å². The van der Waals surface area contributed by atoms with Crippen molar-refractivity contribution in [3.8, 4) is 0 Å². The summed E-state index contributed by atoms with van der Waals surface area (Å²) >= 11 is 0. The molecule has 2 rings (SSSR count). The molecule has 1 fully saturated rings. The molecule has 2 heterocycles. The van der Waals surface area contributed by atoms with E-state index in [-0.39, 0.29) is 12.5 Å². The number of nitrogens with zero attached hydrogens (tertiary/aromatic N) is 1. The van der Waals surface area contributed by atoms with Crippen LogP contribution in [-0.2, 0) is 4.74 Å². The fourth-order valence-electron chi connectivity index (χ4n) is 2.06. The van der Waals surface area contributed by atoms with Gasteiger partial charge in [0.15, 0.2) is 11.9 Å². The van der Waals surface area contributed by atoms with E-state index in [9.17, 15) is 18.4 Å². The van der Waals surface area contributed by atoms with Crippen LogP contribution in [0.15, 0.2) is 15.8 Å². The number of halogens is 2. The topological polar surface area (TPSA) is 64.1 Å². The highest BCUT2D eigenvalue weighted by Crippen LogP contribution is 2.39. The van der Waals surface area contributed by atoms with Crippen molar-refractivity contribution in [2.45, 2.75) is 38.3 Å². The van der Waals surface area contributed by atoms with E-state index in [1.807, 2.05) is 0 Å². The highest BCUT2D eigenvalue weighted by molar-refractivity contribution is 4.95. The minimum atomic E-state index is -1.78. The molecule has 5 nitrogen and oxygen atoms in total. The second kappa shape index (κ2) is 3.76. The van der Waals surface area contributed by atoms with Crippen LogP contribution in [0.3, 0.4) is 0 Å². The van der Waals surface area contributed by atoms with Gasteiger partial charge in [0.05, 0.1) is 12.3 Å². The lowest BCUT2D eigenvalue weighted by molar-refractivity contribution is -0.0455. The molecule has 7 heteroatoms. The third kappa shape index (κ3) is 2.02. The number of aromatic amines is 1. The van der Waals surface area contributed by atoms with Gasteiger partial charge >= 0.3 is 5.69 Å². The lowest BCUT2D eigenvalue weighted by atomic mass is 10.0. The molecule has 3 unspecified atom stereocenters. The Morgan fingerprint density at radius 1 is 1.59 bits per heavy atom. The summed E-state index contributed by atoms with van der Waals surface area (Å²) in [5.41, 5.74) is -3.80. The number of hydrogen-bond acceptors (Lipinski definition) is 3. The Hall–Kier alpha value is -1.50. The molecule has 1 saturated heterocycles. The third-order valence-corrected chi connectivity index (χ3v) is 2.74. The average molecular weight is 246 g/mol. The Labute approximate surface area is 95.0 Å². The van der Waals surface area contributed by atoms with Gasteiger partial charge in [-0.2, -0.15) is 4.39 Å². The monoisotopic (exact) mass is 246 g/mol. The Bertz CT molecular complexity index is 549. The fraction of sp³-hybridized carbons (Fsp3) is 0.600. The number of aromatic nitrogens is 2. The smallest absolute Gasteiger partial charge is 0.330 e. The molecule has 3 atom stereocenters. The third-order valence-electron chi connectivity index (χ3n) is 2.74. The van der Waals surface area contributed by atoms with Gasteiger partial charge in [0.2, 0.25) is 5.82 Å². The molecule has 1 aliphatic heterocycles. The summed E-state index contributed by atoms with van der Waals surface area (Å²) in [6.07, 6.45) is -0.833. The van der Waals surface area contributed by atoms with Gasteiger partial charge in [0, 0.05) is 6.42 Å². The first-order valence-electron chi connectivity index (χ1n) is 5.16. The normalized spacial score (nSPS) is 32.9. The van der Waals surface area contributed by atoms with Crippen LogP contribution in [0, 0.1) is 5.82 Å². The summed E-state index contributed by atoms with van der Waals surface area (Å²) in [7, 11) is 0. The molecular weight excluding hydrogens is 234 g/mol. The number of H-pyrrole nitrogens is 1. The van der Waals surface area contributed by atoms with E-state index in [0.29, 0.717) is 6.20 Å². The summed E-state index contributed by atoms with van der Waals surface area (Å²) in [6.45, 7) is 2.93. The number of rotatable bonds is 1. The van der Waals surface area contributed by atoms with Crippen molar-refractivity contribution in [1.29, 1.82) is 0 Å². The van der Waals surface area contributed by atoms with Gasteiger partial charge in [-0.25, -0.2) is 9.18 Å².